The molecule has 1 aliphatic heterocycles. The lowest BCUT2D eigenvalue weighted by Crippen LogP contribution is -2.38. The molecule has 1 N–H and O–H groups in total. The number of hydrogen-bond donors (Lipinski definition) is 1. The van der Waals surface area contributed by atoms with E-state index in [1.54, 1.807) is 13.0 Å². The van der Waals surface area contributed by atoms with Crippen LogP contribution in [-0.4, -0.2) is 56.0 Å². The number of nitrogens with one attached hydrogen (secondary N) is 1. The minimum atomic E-state index is -3.65. The van der Waals surface area contributed by atoms with Crippen LogP contribution >= 0.6 is 0 Å². The Morgan fingerprint density at radius 3 is 2.25 bits per heavy atom. The fraction of sp³-hybridized carbons (Fsp3) is 0.421. The Kier molecular flexibility index (Phi) is 5.40. The normalized spacial score (nSPS) is 21.9. The van der Waals surface area contributed by atoms with Gasteiger partial charge >= 0.3 is 0 Å². The Bertz CT molecular complexity index is 942. The first-order chi connectivity index (χ1) is 13.1. The van der Waals surface area contributed by atoms with Crippen molar-refractivity contribution >= 4 is 33.4 Å². The van der Waals surface area contributed by atoms with Crippen LogP contribution in [0.5, 0.6) is 0 Å². The highest BCUT2D eigenvalue weighted by atomic mass is 32.2. The van der Waals surface area contributed by atoms with E-state index in [-0.39, 0.29) is 35.1 Å². The summed E-state index contributed by atoms with van der Waals surface area (Å²) in [6.45, 7) is 1.35. The molecule has 0 radical (unpaired) electrons. The van der Waals surface area contributed by atoms with Crippen molar-refractivity contribution in [3.8, 4) is 0 Å². The van der Waals surface area contributed by atoms with Gasteiger partial charge in [0.1, 0.15) is 6.54 Å². The van der Waals surface area contributed by atoms with E-state index in [1.807, 2.05) is 12.2 Å². The van der Waals surface area contributed by atoms with E-state index in [9.17, 15) is 22.8 Å². The smallest absolute Gasteiger partial charge is 0.244 e. The second kappa shape index (κ2) is 7.48. The monoisotopic (exact) mass is 405 g/mol. The van der Waals surface area contributed by atoms with Crippen LogP contribution in [0.4, 0.5) is 5.69 Å². The highest BCUT2D eigenvalue weighted by Crippen LogP contribution is 2.35. The molecule has 9 heteroatoms. The number of rotatable bonds is 5. The maximum atomic E-state index is 12.5. The number of amides is 3. The predicted octanol–water partition coefficient (Wildman–Crippen LogP) is 1.14. The molecule has 0 spiro atoms. The average molecular weight is 405 g/mol. The molecule has 0 saturated carbocycles. The molecule has 1 aliphatic carbocycles. The average Bonchev–Trinajstić information content (AvgIpc) is 2.88. The van der Waals surface area contributed by atoms with Crippen molar-refractivity contribution < 1.29 is 22.8 Å². The number of fused-ring (bicyclic) bond motifs is 1. The number of carbonyl (C=O) groups is 3. The van der Waals surface area contributed by atoms with Crippen molar-refractivity contribution in [3.63, 3.8) is 0 Å². The Balaban J connectivity index is 1.75. The molecular weight excluding hydrogens is 382 g/mol. The predicted molar refractivity (Wildman–Crippen MR) is 103 cm³/mol. The Labute approximate surface area is 164 Å². The Morgan fingerprint density at radius 2 is 1.71 bits per heavy atom. The summed E-state index contributed by atoms with van der Waals surface area (Å²) < 4.78 is 25.7. The van der Waals surface area contributed by atoms with Gasteiger partial charge in [0.05, 0.1) is 16.7 Å². The van der Waals surface area contributed by atoms with Crippen molar-refractivity contribution in [2.24, 2.45) is 11.8 Å². The third kappa shape index (κ3) is 3.59. The third-order valence-electron chi connectivity index (χ3n) is 5.16. The molecule has 0 unspecified atom stereocenters. The molecule has 3 amide bonds. The summed E-state index contributed by atoms with van der Waals surface area (Å²) in [7, 11) is -0.804. The van der Waals surface area contributed by atoms with Crippen molar-refractivity contribution in [2.45, 2.75) is 24.7 Å². The van der Waals surface area contributed by atoms with E-state index in [1.165, 1.54) is 26.2 Å². The number of allylic oxidation sites excluding steroid dienone is 2. The number of hydrogen-bond acceptors (Lipinski definition) is 5. The Morgan fingerprint density at radius 1 is 1.14 bits per heavy atom. The number of carbonyl (C=O) groups excluding carboxylic acids is 3. The van der Waals surface area contributed by atoms with Gasteiger partial charge in [-0.15, -0.1) is 0 Å². The lowest BCUT2D eigenvalue weighted by atomic mass is 9.85. The van der Waals surface area contributed by atoms with E-state index in [0.29, 0.717) is 24.1 Å². The van der Waals surface area contributed by atoms with Gasteiger partial charge in [-0.05, 0) is 37.5 Å². The quantitative estimate of drug-likeness (QED) is 0.584. The van der Waals surface area contributed by atoms with E-state index < -0.39 is 15.9 Å². The molecule has 28 heavy (non-hydrogen) atoms. The molecule has 1 aromatic rings. The zero-order valence-corrected chi connectivity index (χ0v) is 16.8. The standard InChI is InChI=1S/C19H23N3O5S/c1-12-8-9-13(28(26,27)21(2)3)10-16(12)20-17(23)11-22-18(24)14-6-4-5-7-15(14)19(22)25/h4-5,8-10,14-15H,6-7,11H2,1-3H3,(H,20,23)/t14-,15+. The highest BCUT2D eigenvalue weighted by Gasteiger charge is 2.47. The number of aryl methyl sites for hydroxylation is 1. The summed E-state index contributed by atoms with van der Waals surface area (Å²) in [4.78, 5) is 38.5. The van der Waals surface area contributed by atoms with Crippen LogP contribution in [0.25, 0.3) is 0 Å². The van der Waals surface area contributed by atoms with E-state index in [4.69, 9.17) is 0 Å². The molecule has 0 aromatic heterocycles. The summed E-state index contributed by atoms with van der Waals surface area (Å²) in [6, 6.07) is 4.43. The topological polar surface area (TPSA) is 104 Å². The fourth-order valence-corrected chi connectivity index (χ4v) is 4.39. The van der Waals surface area contributed by atoms with E-state index in [2.05, 4.69) is 5.32 Å². The minimum Gasteiger partial charge on any atom is -0.324 e. The van der Waals surface area contributed by atoms with E-state index >= 15 is 0 Å². The van der Waals surface area contributed by atoms with Crippen molar-refractivity contribution in [1.29, 1.82) is 0 Å². The maximum absolute atomic E-state index is 12.5. The molecule has 1 heterocycles. The van der Waals surface area contributed by atoms with Crippen LogP contribution in [0.3, 0.4) is 0 Å². The summed E-state index contributed by atoms with van der Waals surface area (Å²) in [6.07, 6.45) is 4.79. The molecule has 150 valence electrons. The van der Waals surface area contributed by atoms with Gasteiger partial charge in [-0.3, -0.25) is 19.3 Å². The molecule has 2 aliphatic rings. The zero-order valence-electron chi connectivity index (χ0n) is 16.0. The molecule has 8 nitrogen and oxygen atoms in total. The lowest BCUT2D eigenvalue weighted by Gasteiger charge is -2.17. The van der Waals surface area contributed by atoms with Gasteiger partial charge in [0, 0.05) is 19.8 Å². The summed E-state index contributed by atoms with van der Waals surface area (Å²) in [5.41, 5.74) is 0.995. The number of anilines is 1. The van der Waals surface area contributed by atoms with Gasteiger partial charge in [-0.1, -0.05) is 18.2 Å². The molecule has 0 bridgehead atoms. The van der Waals surface area contributed by atoms with Crippen molar-refractivity contribution in [1.82, 2.24) is 9.21 Å². The Hall–Kier alpha value is -2.52. The number of imide groups is 1. The molecule has 3 rings (SSSR count). The SMILES string of the molecule is Cc1ccc(S(=O)(=O)N(C)C)cc1NC(=O)CN1C(=O)[C@H]2CC=CC[C@H]2C1=O. The van der Waals surface area contributed by atoms with Gasteiger partial charge < -0.3 is 5.32 Å². The van der Waals surface area contributed by atoms with Crippen molar-refractivity contribution in [2.75, 3.05) is 26.0 Å². The molecule has 1 saturated heterocycles. The minimum absolute atomic E-state index is 0.0452. The van der Waals surface area contributed by atoms with Gasteiger partial charge in [0.25, 0.3) is 0 Å². The van der Waals surface area contributed by atoms with Crippen LogP contribution in [0.1, 0.15) is 18.4 Å². The van der Waals surface area contributed by atoms with Crippen LogP contribution in [0.15, 0.2) is 35.2 Å². The largest absolute Gasteiger partial charge is 0.324 e. The molecular formula is C19H23N3O5S. The molecule has 2 atom stereocenters. The third-order valence-corrected chi connectivity index (χ3v) is 6.97. The van der Waals surface area contributed by atoms with Gasteiger partial charge in [-0.25, -0.2) is 12.7 Å². The van der Waals surface area contributed by atoms with Gasteiger partial charge in [-0.2, -0.15) is 0 Å². The van der Waals surface area contributed by atoms with E-state index in [0.717, 1.165) is 9.21 Å². The van der Waals surface area contributed by atoms with Crippen LogP contribution in [0, 0.1) is 18.8 Å². The second-order valence-electron chi connectivity index (χ2n) is 7.23. The fourth-order valence-electron chi connectivity index (χ4n) is 3.47. The first-order valence-corrected chi connectivity index (χ1v) is 10.4. The summed E-state index contributed by atoms with van der Waals surface area (Å²) in [5, 5.41) is 2.63. The molecule has 1 fully saturated rings. The summed E-state index contributed by atoms with van der Waals surface area (Å²) >= 11 is 0. The second-order valence-corrected chi connectivity index (χ2v) is 9.38. The van der Waals surface area contributed by atoms with Crippen LogP contribution < -0.4 is 5.32 Å². The van der Waals surface area contributed by atoms with Crippen LogP contribution in [-0.2, 0) is 24.4 Å². The lowest BCUT2D eigenvalue weighted by molar-refractivity contribution is -0.142. The first-order valence-electron chi connectivity index (χ1n) is 8.96. The number of likely N-dealkylation sites (tertiary alicyclic amines) is 1. The summed E-state index contributed by atoms with van der Waals surface area (Å²) in [5.74, 6) is -1.97. The molecule has 1 aromatic carbocycles. The van der Waals surface area contributed by atoms with Crippen molar-refractivity contribution in [3.05, 3.63) is 35.9 Å². The highest BCUT2D eigenvalue weighted by molar-refractivity contribution is 7.89. The number of sulfonamides is 1. The number of benzene rings is 1. The van der Waals surface area contributed by atoms with Gasteiger partial charge in [0.15, 0.2) is 0 Å². The van der Waals surface area contributed by atoms with Crippen LogP contribution in [0.2, 0.25) is 0 Å². The first kappa shape index (κ1) is 20.2. The zero-order chi connectivity index (χ0) is 20.6. The number of nitrogens with zero attached hydrogens (tertiary/aromatic N) is 2. The van der Waals surface area contributed by atoms with Gasteiger partial charge in [0.2, 0.25) is 27.7 Å². The maximum Gasteiger partial charge on any atom is 0.244 e.